The van der Waals surface area contributed by atoms with Crippen LogP contribution >= 0.6 is 11.6 Å². The SMILES string of the molecule is Cc1cccc(C(=O)NNS(=O)(=O)c2ccc(Cl)cc2)c1. The predicted molar refractivity (Wildman–Crippen MR) is 80.4 cm³/mol. The van der Waals surface area contributed by atoms with Gasteiger partial charge in [-0.25, -0.2) is 8.42 Å². The lowest BCUT2D eigenvalue weighted by Crippen LogP contribution is -2.41. The van der Waals surface area contributed by atoms with Crippen LogP contribution < -0.4 is 10.3 Å². The Bertz CT molecular complexity index is 758. The highest BCUT2D eigenvalue weighted by molar-refractivity contribution is 7.89. The Morgan fingerprint density at radius 3 is 2.38 bits per heavy atom. The minimum atomic E-state index is -3.83. The van der Waals surface area contributed by atoms with Crippen molar-refractivity contribution in [1.82, 2.24) is 10.3 Å². The van der Waals surface area contributed by atoms with Gasteiger partial charge in [-0.05, 0) is 43.3 Å². The fourth-order valence-corrected chi connectivity index (χ4v) is 2.61. The standard InChI is InChI=1S/C14H13ClN2O3S/c1-10-3-2-4-11(9-10)14(18)16-17-21(19,20)13-7-5-12(15)6-8-13/h2-9,17H,1H3,(H,16,18). The summed E-state index contributed by atoms with van der Waals surface area (Å²) in [5.41, 5.74) is 3.44. The van der Waals surface area contributed by atoms with Crippen LogP contribution in [0.2, 0.25) is 5.02 Å². The normalized spacial score (nSPS) is 11.1. The number of hydrazine groups is 1. The second-order valence-corrected chi connectivity index (χ2v) is 6.50. The monoisotopic (exact) mass is 324 g/mol. The Kier molecular flexibility index (Phi) is 4.62. The molecule has 0 aromatic heterocycles. The maximum Gasteiger partial charge on any atom is 0.266 e. The van der Waals surface area contributed by atoms with Crippen molar-refractivity contribution in [2.45, 2.75) is 11.8 Å². The van der Waals surface area contributed by atoms with Gasteiger partial charge in [0.25, 0.3) is 15.9 Å². The Labute approximate surface area is 128 Å². The molecule has 0 fully saturated rings. The summed E-state index contributed by atoms with van der Waals surface area (Å²) in [6, 6.07) is 12.4. The fourth-order valence-electron chi connectivity index (χ4n) is 1.64. The van der Waals surface area contributed by atoms with Gasteiger partial charge in [-0.3, -0.25) is 10.2 Å². The number of carbonyl (C=O) groups is 1. The Morgan fingerprint density at radius 2 is 1.76 bits per heavy atom. The number of rotatable bonds is 4. The van der Waals surface area contributed by atoms with Crippen LogP contribution in [0.3, 0.4) is 0 Å². The van der Waals surface area contributed by atoms with Crippen LogP contribution in [0.4, 0.5) is 0 Å². The minimum absolute atomic E-state index is 0.0106. The highest BCUT2D eigenvalue weighted by Gasteiger charge is 2.15. The first-order chi connectivity index (χ1) is 9.88. The van der Waals surface area contributed by atoms with E-state index < -0.39 is 15.9 Å². The zero-order chi connectivity index (χ0) is 15.5. The molecular weight excluding hydrogens is 312 g/mol. The van der Waals surface area contributed by atoms with E-state index in [4.69, 9.17) is 11.6 Å². The molecule has 7 heteroatoms. The molecule has 2 N–H and O–H groups in total. The van der Waals surface area contributed by atoms with Crippen LogP contribution in [0.25, 0.3) is 0 Å². The van der Waals surface area contributed by atoms with E-state index in [1.54, 1.807) is 18.2 Å². The van der Waals surface area contributed by atoms with Gasteiger partial charge in [-0.1, -0.05) is 29.3 Å². The van der Waals surface area contributed by atoms with Crippen molar-refractivity contribution in [1.29, 1.82) is 0 Å². The first kappa shape index (κ1) is 15.5. The van der Waals surface area contributed by atoms with Crippen molar-refractivity contribution in [2.24, 2.45) is 0 Å². The minimum Gasteiger partial charge on any atom is -0.273 e. The third-order valence-corrected chi connectivity index (χ3v) is 4.22. The lowest BCUT2D eigenvalue weighted by molar-refractivity contribution is 0.0945. The lowest BCUT2D eigenvalue weighted by atomic mass is 10.1. The molecule has 21 heavy (non-hydrogen) atoms. The largest absolute Gasteiger partial charge is 0.273 e. The zero-order valence-corrected chi connectivity index (χ0v) is 12.7. The number of hydrogen-bond acceptors (Lipinski definition) is 3. The van der Waals surface area contributed by atoms with Gasteiger partial charge < -0.3 is 0 Å². The molecule has 0 saturated heterocycles. The summed E-state index contributed by atoms with van der Waals surface area (Å²) in [6.45, 7) is 1.84. The summed E-state index contributed by atoms with van der Waals surface area (Å²) in [5.74, 6) is -0.531. The van der Waals surface area contributed by atoms with Crippen LogP contribution in [0.15, 0.2) is 53.4 Å². The molecule has 0 spiro atoms. The van der Waals surface area contributed by atoms with Crippen molar-refractivity contribution in [3.8, 4) is 0 Å². The molecule has 0 aliphatic heterocycles. The molecule has 0 radical (unpaired) electrons. The topological polar surface area (TPSA) is 75.3 Å². The second-order valence-electron chi connectivity index (χ2n) is 4.38. The highest BCUT2D eigenvalue weighted by Crippen LogP contribution is 2.13. The average Bonchev–Trinajstić information content (AvgIpc) is 2.45. The summed E-state index contributed by atoms with van der Waals surface area (Å²) in [4.78, 5) is 13.9. The average molecular weight is 325 g/mol. The van der Waals surface area contributed by atoms with E-state index in [-0.39, 0.29) is 4.90 Å². The molecular formula is C14H13ClN2O3S. The van der Waals surface area contributed by atoms with Crippen molar-refractivity contribution < 1.29 is 13.2 Å². The molecule has 110 valence electrons. The van der Waals surface area contributed by atoms with Crippen LogP contribution in [-0.2, 0) is 10.0 Å². The van der Waals surface area contributed by atoms with Crippen molar-refractivity contribution in [3.05, 3.63) is 64.7 Å². The number of nitrogens with one attached hydrogen (secondary N) is 2. The summed E-state index contributed by atoms with van der Waals surface area (Å²) in [6.07, 6.45) is 0. The van der Waals surface area contributed by atoms with Gasteiger partial charge in [0.1, 0.15) is 0 Å². The number of sulfonamides is 1. The number of aryl methyl sites for hydroxylation is 1. The third-order valence-electron chi connectivity index (χ3n) is 2.70. The van der Waals surface area contributed by atoms with Crippen LogP contribution in [0, 0.1) is 6.92 Å². The maximum atomic E-state index is 12.0. The predicted octanol–water partition coefficient (Wildman–Crippen LogP) is 2.27. The maximum absolute atomic E-state index is 12.0. The van der Waals surface area contributed by atoms with Crippen molar-refractivity contribution in [3.63, 3.8) is 0 Å². The van der Waals surface area contributed by atoms with Gasteiger partial charge in [0, 0.05) is 10.6 Å². The van der Waals surface area contributed by atoms with E-state index in [0.29, 0.717) is 10.6 Å². The molecule has 0 saturated carbocycles. The van der Waals surface area contributed by atoms with E-state index in [1.807, 2.05) is 17.8 Å². The van der Waals surface area contributed by atoms with Gasteiger partial charge in [-0.2, -0.15) is 0 Å². The summed E-state index contributed by atoms with van der Waals surface area (Å²) in [5, 5.41) is 0.428. The zero-order valence-electron chi connectivity index (χ0n) is 11.1. The van der Waals surface area contributed by atoms with Crippen LogP contribution in [0.1, 0.15) is 15.9 Å². The van der Waals surface area contributed by atoms with E-state index in [2.05, 4.69) is 5.43 Å². The Hall–Kier alpha value is -1.89. The van der Waals surface area contributed by atoms with Crippen molar-refractivity contribution >= 4 is 27.5 Å². The molecule has 1 amide bonds. The molecule has 0 heterocycles. The summed E-state index contributed by atoms with van der Waals surface area (Å²) < 4.78 is 24.0. The number of hydrogen-bond donors (Lipinski definition) is 2. The Balaban J connectivity index is 2.08. The number of halogens is 1. The number of benzene rings is 2. The molecule has 0 unspecified atom stereocenters. The quantitative estimate of drug-likeness (QED) is 0.847. The van der Waals surface area contributed by atoms with Crippen LogP contribution in [-0.4, -0.2) is 14.3 Å². The molecule has 0 bridgehead atoms. The molecule has 2 aromatic carbocycles. The first-order valence-corrected chi connectivity index (χ1v) is 7.89. The number of amides is 1. The van der Waals surface area contributed by atoms with Gasteiger partial charge in [0.2, 0.25) is 0 Å². The van der Waals surface area contributed by atoms with Gasteiger partial charge in [-0.15, -0.1) is 4.83 Å². The number of carbonyl (C=O) groups excluding carboxylic acids is 1. The third kappa shape index (κ3) is 4.04. The molecule has 0 aliphatic rings. The first-order valence-electron chi connectivity index (χ1n) is 6.03. The van der Waals surface area contributed by atoms with E-state index in [1.165, 1.54) is 24.3 Å². The second kappa shape index (κ2) is 6.26. The van der Waals surface area contributed by atoms with E-state index in [0.717, 1.165) is 5.56 Å². The fraction of sp³-hybridized carbons (Fsp3) is 0.0714. The summed E-state index contributed by atoms with van der Waals surface area (Å²) >= 11 is 5.70. The van der Waals surface area contributed by atoms with Gasteiger partial charge >= 0.3 is 0 Å². The van der Waals surface area contributed by atoms with E-state index in [9.17, 15) is 13.2 Å². The van der Waals surface area contributed by atoms with Crippen LogP contribution in [0.5, 0.6) is 0 Å². The van der Waals surface area contributed by atoms with Crippen molar-refractivity contribution in [2.75, 3.05) is 0 Å². The smallest absolute Gasteiger partial charge is 0.266 e. The van der Waals surface area contributed by atoms with Gasteiger partial charge in [0.05, 0.1) is 4.90 Å². The molecule has 5 nitrogen and oxygen atoms in total. The molecule has 0 atom stereocenters. The molecule has 2 aromatic rings. The van der Waals surface area contributed by atoms with Gasteiger partial charge in [0.15, 0.2) is 0 Å². The lowest BCUT2D eigenvalue weighted by Gasteiger charge is -2.09. The molecule has 0 aliphatic carbocycles. The van der Waals surface area contributed by atoms with E-state index >= 15 is 0 Å². The Morgan fingerprint density at radius 1 is 1.10 bits per heavy atom. The summed E-state index contributed by atoms with van der Waals surface area (Å²) in [7, 11) is -3.83. The molecule has 2 rings (SSSR count). The highest BCUT2D eigenvalue weighted by atomic mass is 35.5.